The molecule has 2 aromatic carbocycles. The first-order valence-electron chi connectivity index (χ1n) is 12.6. The van der Waals surface area contributed by atoms with Crippen molar-refractivity contribution in [2.45, 2.75) is 18.9 Å². The van der Waals surface area contributed by atoms with Crippen molar-refractivity contribution in [2.75, 3.05) is 49.6 Å². The molecule has 0 bridgehead atoms. The highest BCUT2D eigenvalue weighted by Crippen LogP contribution is 2.32. The van der Waals surface area contributed by atoms with Crippen LogP contribution in [0.25, 0.3) is 11.1 Å². The molecule has 0 radical (unpaired) electrons. The Bertz CT molecular complexity index is 1350. The summed E-state index contributed by atoms with van der Waals surface area (Å²) in [7, 11) is 0. The van der Waals surface area contributed by atoms with E-state index in [1.807, 2.05) is 35.2 Å². The summed E-state index contributed by atoms with van der Waals surface area (Å²) >= 11 is 6.51. The maximum Gasteiger partial charge on any atom is 0.254 e. The molecule has 0 unspecified atom stereocenters. The van der Waals surface area contributed by atoms with Crippen molar-refractivity contribution in [2.24, 2.45) is 11.5 Å². The lowest BCUT2D eigenvalue weighted by Gasteiger charge is -2.31. The molecule has 0 saturated carbocycles. The molecule has 0 spiro atoms. The number of amides is 2. The Kier molecular flexibility index (Phi) is 7.73. The van der Waals surface area contributed by atoms with Gasteiger partial charge in [0.2, 0.25) is 5.95 Å². The molecule has 11 heteroatoms. The van der Waals surface area contributed by atoms with Gasteiger partial charge in [-0.05, 0) is 42.7 Å². The number of nitrogens with one attached hydrogen (secondary N) is 1. The smallest absolute Gasteiger partial charge is 0.254 e. The summed E-state index contributed by atoms with van der Waals surface area (Å²) in [6, 6.07) is 12.9. The van der Waals surface area contributed by atoms with E-state index in [2.05, 4.69) is 15.3 Å². The van der Waals surface area contributed by atoms with E-state index in [0.717, 1.165) is 30.5 Å². The topological polar surface area (TPSA) is 140 Å². The number of nitrogens with zero attached hydrogens (tertiary/aromatic N) is 4. The third kappa shape index (κ3) is 5.72. The maximum absolute atomic E-state index is 13.4. The zero-order chi connectivity index (χ0) is 26.6. The molecule has 3 aromatic rings. The maximum atomic E-state index is 13.4. The molecule has 1 atom stereocenters. The molecule has 5 rings (SSSR count). The zero-order valence-corrected chi connectivity index (χ0v) is 21.7. The Balaban J connectivity index is 1.55. The van der Waals surface area contributed by atoms with Crippen LogP contribution >= 0.6 is 11.6 Å². The average Bonchev–Trinajstić information content (AvgIpc) is 2.93. The Morgan fingerprint density at radius 3 is 2.63 bits per heavy atom. The predicted molar refractivity (Wildman–Crippen MR) is 147 cm³/mol. The lowest BCUT2D eigenvalue weighted by molar-refractivity contribution is 0.0303. The molecule has 38 heavy (non-hydrogen) atoms. The second kappa shape index (κ2) is 11.3. The molecule has 2 fully saturated rings. The number of nitrogens with two attached hydrogens (primary N) is 2. The van der Waals surface area contributed by atoms with Crippen LogP contribution in [0, 0.1) is 0 Å². The zero-order valence-electron chi connectivity index (χ0n) is 20.9. The number of ether oxygens (including phenoxy) is 1. The number of rotatable bonds is 6. The monoisotopic (exact) mass is 535 g/mol. The average molecular weight is 536 g/mol. The number of piperidine rings is 1. The van der Waals surface area contributed by atoms with E-state index in [9.17, 15) is 9.59 Å². The first-order chi connectivity index (χ1) is 18.4. The Morgan fingerprint density at radius 1 is 1.11 bits per heavy atom. The fourth-order valence-corrected chi connectivity index (χ4v) is 5.00. The Hall–Kier alpha value is -3.73. The number of halogens is 1. The van der Waals surface area contributed by atoms with Gasteiger partial charge in [-0.2, -0.15) is 4.98 Å². The Morgan fingerprint density at radius 2 is 1.89 bits per heavy atom. The number of aromatic nitrogens is 2. The first kappa shape index (κ1) is 25.9. The number of morpholine rings is 1. The van der Waals surface area contributed by atoms with Crippen molar-refractivity contribution in [3.05, 3.63) is 64.8 Å². The van der Waals surface area contributed by atoms with Gasteiger partial charge in [0.05, 0.1) is 13.2 Å². The molecular formula is C27H30ClN7O3. The SMILES string of the molecule is NC(=O)c1cnc(N2CCC[C@H](N)C2)nc1Nc1cc(C(=O)N2CCOCC2)cc(-c2ccccc2Cl)c1. The third-order valence-electron chi connectivity index (χ3n) is 6.71. The molecule has 3 heterocycles. The van der Waals surface area contributed by atoms with Gasteiger partial charge in [0, 0.05) is 60.3 Å². The molecule has 10 nitrogen and oxygen atoms in total. The van der Waals surface area contributed by atoms with Crippen LogP contribution in [-0.2, 0) is 4.74 Å². The van der Waals surface area contributed by atoms with E-state index in [1.165, 1.54) is 6.20 Å². The number of benzene rings is 2. The van der Waals surface area contributed by atoms with Crippen molar-refractivity contribution < 1.29 is 14.3 Å². The van der Waals surface area contributed by atoms with E-state index in [1.54, 1.807) is 17.0 Å². The lowest BCUT2D eigenvalue weighted by Crippen LogP contribution is -2.43. The summed E-state index contributed by atoms with van der Waals surface area (Å²) in [6.45, 7) is 3.40. The van der Waals surface area contributed by atoms with Gasteiger partial charge in [-0.3, -0.25) is 9.59 Å². The van der Waals surface area contributed by atoms with Crippen molar-refractivity contribution in [3.63, 3.8) is 0 Å². The minimum Gasteiger partial charge on any atom is -0.378 e. The van der Waals surface area contributed by atoms with Crippen molar-refractivity contribution in [1.82, 2.24) is 14.9 Å². The lowest BCUT2D eigenvalue weighted by atomic mass is 10.0. The van der Waals surface area contributed by atoms with Crippen molar-refractivity contribution in [1.29, 1.82) is 0 Å². The van der Waals surface area contributed by atoms with Crippen molar-refractivity contribution >= 4 is 40.9 Å². The van der Waals surface area contributed by atoms with E-state index >= 15 is 0 Å². The minimum atomic E-state index is -0.665. The van der Waals surface area contributed by atoms with Gasteiger partial charge < -0.3 is 31.3 Å². The fraction of sp³-hybridized carbons (Fsp3) is 0.333. The molecule has 1 aromatic heterocycles. The summed E-state index contributed by atoms with van der Waals surface area (Å²) in [6.07, 6.45) is 3.29. The number of primary amides is 1. The number of hydrogen-bond donors (Lipinski definition) is 3. The van der Waals surface area contributed by atoms with Gasteiger partial charge in [-0.15, -0.1) is 0 Å². The first-order valence-corrected chi connectivity index (χ1v) is 13.0. The molecule has 2 amide bonds. The highest BCUT2D eigenvalue weighted by atomic mass is 35.5. The van der Waals surface area contributed by atoms with Gasteiger partial charge >= 0.3 is 0 Å². The molecule has 198 valence electrons. The quantitative estimate of drug-likeness (QED) is 0.437. The normalized spacial score (nSPS) is 17.8. The van der Waals surface area contributed by atoms with Crippen LogP contribution in [0.4, 0.5) is 17.5 Å². The molecule has 2 aliphatic heterocycles. The van der Waals surface area contributed by atoms with Crippen LogP contribution in [0.3, 0.4) is 0 Å². The molecule has 2 saturated heterocycles. The third-order valence-corrected chi connectivity index (χ3v) is 7.04. The summed E-state index contributed by atoms with van der Waals surface area (Å²) in [5.41, 5.74) is 14.5. The van der Waals surface area contributed by atoms with Crippen LogP contribution in [0.15, 0.2) is 48.7 Å². The number of hydrogen-bond acceptors (Lipinski definition) is 8. The summed E-state index contributed by atoms with van der Waals surface area (Å²) in [5, 5.41) is 3.78. The minimum absolute atomic E-state index is 0.0284. The van der Waals surface area contributed by atoms with E-state index in [-0.39, 0.29) is 23.3 Å². The van der Waals surface area contributed by atoms with E-state index < -0.39 is 5.91 Å². The van der Waals surface area contributed by atoms with Crippen LogP contribution in [0.1, 0.15) is 33.6 Å². The summed E-state index contributed by atoms with van der Waals surface area (Å²) in [4.78, 5) is 38.4. The molecule has 0 aliphatic carbocycles. The van der Waals surface area contributed by atoms with Gasteiger partial charge in [0.15, 0.2) is 0 Å². The highest BCUT2D eigenvalue weighted by Gasteiger charge is 2.23. The summed E-state index contributed by atoms with van der Waals surface area (Å²) in [5.74, 6) is -0.0745. The molecule has 5 N–H and O–H groups in total. The second-order valence-corrected chi connectivity index (χ2v) is 9.86. The van der Waals surface area contributed by atoms with Crippen LogP contribution < -0.4 is 21.7 Å². The second-order valence-electron chi connectivity index (χ2n) is 9.45. The van der Waals surface area contributed by atoms with Crippen LogP contribution in [0.5, 0.6) is 0 Å². The van der Waals surface area contributed by atoms with Gasteiger partial charge in [0.25, 0.3) is 11.8 Å². The van der Waals surface area contributed by atoms with E-state index in [0.29, 0.717) is 55.1 Å². The van der Waals surface area contributed by atoms with Gasteiger partial charge in [0.1, 0.15) is 11.4 Å². The molecular weight excluding hydrogens is 506 g/mol. The van der Waals surface area contributed by atoms with Gasteiger partial charge in [-0.1, -0.05) is 29.8 Å². The van der Waals surface area contributed by atoms with Crippen LogP contribution in [-0.4, -0.2) is 72.1 Å². The number of anilines is 3. The van der Waals surface area contributed by atoms with Crippen LogP contribution in [0.2, 0.25) is 5.02 Å². The van der Waals surface area contributed by atoms with Crippen molar-refractivity contribution in [3.8, 4) is 11.1 Å². The number of carbonyl (C=O) groups is 2. The molecule has 2 aliphatic rings. The Labute approximate surface area is 225 Å². The summed E-state index contributed by atoms with van der Waals surface area (Å²) < 4.78 is 5.41. The largest absolute Gasteiger partial charge is 0.378 e. The van der Waals surface area contributed by atoms with E-state index in [4.69, 9.17) is 27.8 Å². The highest BCUT2D eigenvalue weighted by molar-refractivity contribution is 6.33. The fourth-order valence-electron chi connectivity index (χ4n) is 4.75. The standard InChI is InChI=1S/C27H30ClN7O3/c28-23-6-2-1-5-21(23)17-12-18(26(37)34-8-10-38-11-9-34)14-20(13-17)32-25-22(24(30)36)15-31-27(33-25)35-7-3-4-19(29)16-35/h1-2,5-6,12-15,19H,3-4,7-11,16,29H2,(H2,30,36)(H,31,32,33)/t19-/m0/s1. The van der Waals surface area contributed by atoms with Gasteiger partial charge in [-0.25, -0.2) is 4.98 Å². The predicted octanol–water partition coefficient (Wildman–Crippen LogP) is 3.04. The number of carbonyl (C=O) groups excluding carboxylic acids is 2.